The molecule has 0 aliphatic heterocycles. The van der Waals surface area contributed by atoms with Crippen molar-refractivity contribution in [1.82, 2.24) is 0 Å². The van der Waals surface area contributed by atoms with Gasteiger partial charge in [-0.25, -0.2) is 0 Å². The van der Waals surface area contributed by atoms with Gasteiger partial charge in [0.25, 0.3) is 0 Å². The second-order valence-electron chi connectivity index (χ2n) is 5.47. The van der Waals surface area contributed by atoms with Crippen LogP contribution in [-0.2, 0) is 6.42 Å². The highest BCUT2D eigenvalue weighted by atomic mass is 14.3. The summed E-state index contributed by atoms with van der Waals surface area (Å²) in [6, 6.07) is 17.2. The standard InChI is InChI=1S/C17H17B/c1-12-9-13-5-2-3-8-16(13)17(10-12)14-6-4-7-15(18)11-14/h2-8,11-12,17H,9-10H2,1H3. The lowest BCUT2D eigenvalue weighted by atomic mass is 9.74. The third-order valence-electron chi connectivity index (χ3n) is 3.95. The Labute approximate surface area is 110 Å². The minimum Gasteiger partial charge on any atom is -0.0964 e. The molecule has 0 N–H and O–H groups in total. The van der Waals surface area contributed by atoms with Gasteiger partial charge >= 0.3 is 0 Å². The first-order valence-electron chi connectivity index (χ1n) is 6.67. The average molecular weight is 232 g/mol. The van der Waals surface area contributed by atoms with E-state index in [1.807, 2.05) is 6.07 Å². The van der Waals surface area contributed by atoms with Crippen LogP contribution in [0.5, 0.6) is 0 Å². The predicted octanol–water partition coefficient (Wildman–Crippen LogP) is 3.19. The molecule has 1 heteroatoms. The first-order chi connectivity index (χ1) is 8.74. The van der Waals surface area contributed by atoms with Crippen LogP contribution in [0.2, 0.25) is 0 Å². The molecule has 18 heavy (non-hydrogen) atoms. The van der Waals surface area contributed by atoms with Gasteiger partial charge in [0.2, 0.25) is 0 Å². The Balaban J connectivity index is 2.07. The Morgan fingerprint density at radius 2 is 1.89 bits per heavy atom. The van der Waals surface area contributed by atoms with Crippen LogP contribution in [0.3, 0.4) is 0 Å². The molecule has 0 saturated carbocycles. The molecular weight excluding hydrogens is 215 g/mol. The van der Waals surface area contributed by atoms with E-state index in [2.05, 4.69) is 49.4 Å². The van der Waals surface area contributed by atoms with E-state index in [9.17, 15) is 0 Å². The van der Waals surface area contributed by atoms with E-state index >= 15 is 0 Å². The second-order valence-corrected chi connectivity index (χ2v) is 5.47. The fraction of sp³-hybridized carbons (Fsp3) is 0.294. The zero-order valence-corrected chi connectivity index (χ0v) is 10.8. The monoisotopic (exact) mass is 232 g/mol. The van der Waals surface area contributed by atoms with E-state index in [1.54, 1.807) is 0 Å². The van der Waals surface area contributed by atoms with Crippen molar-refractivity contribution in [3.63, 3.8) is 0 Å². The van der Waals surface area contributed by atoms with Crippen LogP contribution < -0.4 is 5.46 Å². The summed E-state index contributed by atoms with van der Waals surface area (Å²) in [5.74, 6) is 1.25. The van der Waals surface area contributed by atoms with Crippen LogP contribution in [0.15, 0.2) is 48.5 Å². The van der Waals surface area contributed by atoms with Crippen LogP contribution >= 0.6 is 0 Å². The highest BCUT2D eigenvalue weighted by Gasteiger charge is 2.25. The van der Waals surface area contributed by atoms with Crippen LogP contribution in [0, 0.1) is 5.92 Å². The largest absolute Gasteiger partial charge is 0.113 e. The molecule has 2 atom stereocenters. The minimum atomic E-state index is 0.508. The fourth-order valence-corrected chi connectivity index (χ4v) is 3.14. The third-order valence-corrected chi connectivity index (χ3v) is 3.95. The van der Waals surface area contributed by atoms with Crippen molar-refractivity contribution in [1.29, 1.82) is 0 Å². The van der Waals surface area contributed by atoms with Crippen LogP contribution in [-0.4, -0.2) is 7.85 Å². The molecule has 0 fully saturated rings. The predicted molar refractivity (Wildman–Crippen MR) is 77.6 cm³/mol. The minimum absolute atomic E-state index is 0.508. The lowest BCUT2D eigenvalue weighted by Crippen LogP contribution is -2.18. The molecule has 0 saturated heterocycles. The Bertz CT molecular complexity index is 559. The number of benzene rings is 2. The lowest BCUT2D eigenvalue weighted by molar-refractivity contribution is 0.464. The van der Waals surface area contributed by atoms with Crippen LogP contribution in [0.1, 0.15) is 36.0 Å². The molecule has 1 aliphatic rings. The molecule has 2 unspecified atom stereocenters. The first-order valence-corrected chi connectivity index (χ1v) is 6.67. The molecule has 2 radical (unpaired) electrons. The summed E-state index contributed by atoms with van der Waals surface area (Å²) in [5, 5.41) is 0. The summed E-state index contributed by atoms with van der Waals surface area (Å²) in [4.78, 5) is 0. The Kier molecular flexibility index (Phi) is 2.99. The summed E-state index contributed by atoms with van der Waals surface area (Å²) < 4.78 is 0. The van der Waals surface area contributed by atoms with Crippen molar-refractivity contribution in [2.45, 2.75) is 25.7 Å². The number of fused-ring (bicyclic) bond motifs is 1. The fourth-order valence-electron chi connectivity index (χ4n) is 3.14. The molecular formula is C17H17B. The molecule has 0 bridgehead atoms. The van der Waals surface area contributed by atoms with Crippen LogP contribution in [0.25, 0.3) is 0 Å². The Morgan fingerprint density at radius 3 is 2.72 bits per heavy atom. The first kappa shape index (κ1) is 11.6. The highest BCUT2D eigenvalue weighted by Crippen LogP contribution is 2.38. The maximum atomic E-state index is 5.92. The molecule has 0 nitrogen and oxygen atoms in total. The maximum Gasteiger partial charge on any atom is 0.113 e. The van der Waals surface area contributed by atoms with Gasteiger partial charge in [0, 0.05) is 5.92 Å². The summed E-state index contributed by atoms with van der Waals surface area (Å²) in [6.45, 7) is 2.34. The molecule has 2 aromatic rings. The van der Waals surface area contributed by atoms with Gasteiger partial charge in [-0.1, -0.05) is 60.9 Å². The third kappa shape index (κ3) is 2.10. The molecule has 0 aromatic heterocycles. The highest BCUT2D eigenvalue weighted by molar-refractivity contribution is 6.32. The smallest absolute Gasteiger partial charge is 0.0964 e. The van der Waals surface area contributed by atoms with Gasteiger partial charge in [-0.3, -0.25) is 0 Å². The van der Waals surface area contributed by atoms with E-state index < -0.39 is 0 Å². The second kappa shape index (κ2) is 4.64. The Hall–Kier alpha value is -1.50. The van der Waals surface area contributed by atoms with Crippen molar-refractivity contribution >= 4 is 13.3 Å². The normalized spacial score (nSPS) is 22.5. The van der Waals surface area contributed by atoms with Gasteiger partial charge in [0.1, 0.15) is 7.85 Å². The SMILES string of the molecule is [B]c1cccc(C2CC(C)Cc3ccccc32)c1. The average Bonchev–Trinajstić information content (AvgIpc) is 2.37. The van der Waals surface area contributed by atoms with Gasteiger partial charge < -0.3 is 0 Å². The van der Waals surface area contributed by atoms with E-state index in [-0.39, 0.29) is 0 Å². The molecule has 88 valence electrons. The van der Waals surface area contributed by atoms with Gasteiger partial charge in [-0.2, -0.15) is 0 Å². The van der Waals surface area contributed by atoms with E-state index in [0.717, 1.165) is 11.4 Å². The van der Waals surface area contributed by atoms with Gasteiger partial charge in [0.15, 0.2) is 0 Å². The topological polar surface area (TPSA) is 0 Å². The van der Waals surface area contributed by atoms with Crippen molar-refractivity contribution < 1.29 is 0 Å². The molecule has 0 heterocycles. The maximum absolute atomic E-state index is 5.92. The van der Waals surface area contributed by atoms with E-state index in [0.29, 0.717) is 5.92 Å². The lowest BCUT2D eigenvalue weighted by Gasteiger charge is -2.30. The number of hydrogen-bond donors (Lipinski definition) is 0. The molecule has 1 aliphatic carbocycles. The van der Waals surface area contributed by atoms with Crippen molar-refractivity contribution in [3.8, 4) is 0 Å². The summed E-state index contributed by atoms with van der Waals surface area (Å²) in [6.07, 6.45) is 2.43. The number of hydrogen-bond acceptors (Lipinski definition) is 0. The van der Waals surface area contributed by atoms with Crippen molar-refractivity contribution in [3.05, 3.63) is 65.2 Å². The molecule has 0 amide bonds. The van der Waals surface area contributed by atoms with Crippen molar-refractivity contribution in [2.24, 2.45) is 5.92 Å². The van der Waals surface area contributed by atoms with E-state index in [1.165, 1.54) is 29.5 Å². The summed E-state index contributed by atoms with van der Waals surface area (Å²) in [7, 11) is 5.92. The number of rotatable bonds is 1. The summed E-state index contributed by atoms with van der Waals surface area (Å²) in [5.41, 5.74) is 5.21. The van der Waals surface area contributed by atoms with Crippen LogP contribution in [0.4, 0.5) is 0 Å². The molecule has 3 rings (SSSR count). The summed E-state index contributed by atoms with van der Waals surface area (Å²) >= 11 is 0. The van der Waals surface area contributed by atoms with Gasteiger partial charge in [0.05, 0.1) is 0 Å². The molecule has 0 spiro atoms. The van der Waals surface area contributed by atoms with Gasteiger partial charge in [-0.05, 0) is 35.4 Å². The molecule has 2 aromatic carbocycles. The quantitative estimate of drug-likeness (QED) is 0.662. The zero-order valence-electron chi connectivity index (χ0n) is 10.8. The zero-order chi connectivity index (χ0) is 12.5. The van der Waals surface area contributed by atoms with Crippen molar-refractivity contribution in [2.75, 3.05) is 0 Å². The van der Waals surface area contributed by atoms with Gasteiger partial charge in [-0.15, -0.1) is 0 Å². The van der Waals surface area contributed by atoms with E-state index in [4.69, 9.17) is 7.85 Å². The Morgan fingerprint density at radius 1 is 1.06 bits per heavy atom.